The Kier molecular flexibility index (Phi) is 7.86. The van der Waals surface area contributed by atoms with Gasteiger partial charge in [-0.1, -0.05) is 13.3 Å². The lowest BCUT2D eigenvalue weighted by Gasteiger charge is -2.13. The summed E-state index contributed by atoms with van der Waals surface area (Å²) in [7, 11) is 1.63. The van der Waals surface area contributed by atoms with E-state index in [1.54, 1.807) is 32.2 Å². The Morgan fingerprint density at radius 1 is 1.11 bits per heavy atom. The minimum atomic E-state index is -0.541. The Labute approximate surface area is 164 Å². The number of anilines is 1. The highest BCUT2D eigenvalue weighted by Crippen LogP contribution is 2.29. The van der Waals surface area contributed by atoms with Crippen LogP contribution in [0.3, 0.4) is 0 Å². The molecule has 1 aromatic heterocycles. The smallest absolute Gasteiger partial charge is 0.343 e. The number of hydrogen-bond acceptors (Lipinski definition) is 6. The van der Waals surface area contributed by atoms with Crippen LogP contribution in [-0.2, 0) is 11.8 Å². The highest BCUT2D eigenvalue weighted by molar-refractivity contribution is 6.07. The molecule has 0 spiro atoms. The Bertz CT molecular complexity index is 816. The third kappa shape index (κ3) is 5.25. The molecular formula is C20H27N3O5. The first-order valence-electron chi connectivity index (χ1n) is 9.41. The first kappa shape index (κ1) is 21.3. The van der Waals surface area contributed by atoms with Gasteiger partial charge < -0.3 is 19.5 Å². The molecule has 0 aliphatic rings. The van der Waals surface area contributed by atoms with E-state index in [9.17, 15) is 9.59 Å². The maximum absolute atomic E-state index is 12.7. The second-order valence-corrected chi connectivity index (χ2v) is 6.00. The van der Waals surface area contributed by atoms with Gasteiger partial charge in [0.25, 0.3) is 5.91 Å². The monoisotopic (exact) mass is 389 g/mol. The Morgan fingerprint density at radius 3 is 2.57 bits per heavy atom. The molecule has 0 unspecified atom stereocenters. The zero-order chi connectivity index (χ0) is 20.5. The molecule has 1 aromatic carbocycles. The van der Waals surface area contributed by atoms with Crippen molar-refractivity contribution in [3.8, 4) is 11.5 Å². The molecule has 0 aliphatic heterocycles. The summed E-state index contributed by atoms with van der Waals surface area (Å²) >= 11 is 0. The number of aryl methyl sites for hydroxylation is 1. The van der Waals surface area contributed by atoms with Gasteiger partial charge in [-0.15, -0.1) is 0 Å². The molecule has 8 heteroatoms. The van der Waals surface area contributed by atoms with Gasteiger partial charge >= 0.3 is 5.97 Å². The van der Waals surface area contributed by atoms with Crippen LogP contribution in [0.1, 0.15) is 54.3 Å². The standard InChI is InChI=1S/C20H27N3O5/c1-5-8-11-28-16-10-9-14(12-17(16)26-6-2)19(24)22-18-15(13-21-23(18)4)20(25)27-7-3/h9-10,12-13H,5-8,11H2,1-4H3,(H,22,24). The summed E-state index contributed by atoms with van der Waals surface area (Å²) in [6.07, 6.45) is 3.33. The molecule has 2 aromatic rings. The van der Waals surface area contributed by atoms with Gasteiger partial charge in [0, 0.05) is 12.6 Å². The van der Waals surface area contributed by atoms with Crippen molar-refractivity contribution in [3.05, 3.63) is 35.5 Å². The summed E-state index contributed by atoms with van der Waals surface area (Å²) in [6.45, 7) is 6.93. The van der Waals surface area contributed by atoms with E-state index in [2.05, 4.69) is 17.3 Å². The quantitative estimate of drug-likeness (QED) is 0.494. The average Bonchev–Trinajstić information content (AvgIpc) is 3.04. The molecule has 28 heavy (non-hydrogen) atoms. The van der Waals surface area contributed by atoms with Crippen LogP contribution in [0.5, 0.6) is 11.5 Å². The molecular weight excluding hydrogens is 362 g/mol. The Hall–Kier alpha value is -3.03. The maximum atomic E-state index is 12.7. The lowest BCUT2D eigenvalue weighted by molar-refractivity contribution is 0.0527. The number of nitrogens with zero attached hydrogens (tertiary/aromatic N) is 2. The molecule has 8 nitrogen and oxygen atoms in total. The van der Waals surface area contributed by atoms with Gasteiger partial charge in [-0.3, -0.25) is 9.48 Å². The summed E-state index contributed by atoms with van der Waals surface area (Å²) in [5.74, 6) is 0.432. The van der Waals surface area contributed by atoms with Gasteiger partial charge in [0.05, 0.1) is 26.0 Å². The number of esters is 1. The van der Waals surface area contributed by atoms with Crippen molar-refractivity contribution < 1.29 is 23.8 Å². The number of unbranched alkanes of at least 4 members (excludes halogenated alkanes) is 1. The first-order valence-corrected chi connectivity index (χ1v) is 9.41. The normalized spacial score (nSPS) is 10.4. The number of nitrogens with one attached hydrogen (secondary N) is 1. The highest BCUT2D eigenvalue weighted by atomic mass is 16.5. The predicted molar refractivity (Wildman–Crippen MR) is 105 cm³/mol. The third-order valence-corrected chi connectivity index (χ3v) is 3.93. The van der Waals surface area contributed by atoms with Crippen LogP contribution in [0.15, 0.2) is 24.4 Å². The van der Waals surface area contributed by atoms with Crippen molar-refractivity contribution in [1.29, 1.82) is 0 Å². The van der Waals surface area contributed by atoms with E-state index in [0.717, 1.165) is 12.8 Å². The van der Waals surface area contributed by atoms with E-state index in [1.807, 2.05) is 6.92 Å². The lowest BCUT2D eigenvalue weighted by Crippen LogP contribution is -2.18. The van der Waals surface area contributed by atoms with E-state index in [1.165, 1.54) is 10.9 Å². The molecule has 0 saturated carbocycles. The van der Waals surface area contributed by atoms with Gasteiger partial charge in [-0.05, 0) is 38.5 Å². The van der Waals surface area contributed by atoms with Gasteiger partial charge in [-0.25, -0.2) is 4.79 Å². The van der Waals surface area contributed by atoms with Gasteiger partial charge in [-0.2, -0.15) is 5.10 Å². The number of rotatable bonds is 10. The molecule has 0 bridgehead atoms. The van der Waals surface area contributed by atoms with Crippen molar-refractivity contribution in [2.24, 2.45) is 7.05 Å². The van der Waals surface area contributed by atoms with E-state index in [-0.39, 0.29) is 18.0 Å². The number of carbonyl (C=O) groups excluding carboxylic acids is 2. The van der Waals surface area contributed by atoms with E-state index in [0.29, 0.717) is 30.3 Å². The summed E-state index contributed by atoms with van der Waals surface area (Å²) in [4.78, 5) is 24.8. The lowest BCUT2D eigenvalue weighted by atomic mass is 10.2. The minimum absolute atomic E-state index is 0.197. The number of benzene rings is 1. The fraction of sp³-hybridized carbons (Fsp3) is 0.450. The summed E-state index contributed by atoms with van der Waals surface area (Å²) in [6, 6.07) is 4.99. The maximum Gasteiger partial charge on any atom is 0.343 e. The predicted octanol–water partition coefficient (Wildman–Crippen LogP) is 3.43. The van der Waals surface area contributed by atoms with Crippen molar-refractivity contribution in [2.45, 2.75) is 33.6 Å². The molecule has 0 saturated heterocycles. The van der Waals surface area contributed by atoms with E-state index < -0.39 is 11.9 Å². The van der Waals surface area contributed by atoms with Crippen LogP contribution in [0.4, 0.5) is 5.82 Å². The highest BCUT2D eigenvalue weighted by Gasteiger charge is 2.20. The third-order valence-electron chi connectivity index (χ3n) is 3.93. The summed E-state index contributed by atoms with van der Waals surface area (Å²) in [5, 5.41) is 6.75. The van der Waals surface area contributed by atoms with Crippen LogP contribution >= 0.6 is 0 Å². The number of amides is 1. The summed E-state index contributed by atoms with van der Waals surface area (Å²) < 4.78 is 17.8. The second kappa shape index (κ2) is 10.3. The molecule has 1 amide bonds. The van der Waals surface area contributed by atoms with Gasteiger partial charge in [0.2, 0.25) is 0 Å². The van der Waals surface area contributed by atoms with Crippen molar-refractivity contribution >= 4 is 17.7 Å². The minimum Gasteiger partial charge on any atom is -0.490 e. The number of aromatic nitrogens is 2. The Morgan fingerprint density at radius 2 is 1.89 bits per heavy atom. The molecule has 152 valence electrons. The largest absolute Gasteiger partial charge is 0.490 e. The fourth-order valence-electron chi connectivity index (χ4n) is 2.49. The van der Waals surface area contributed by atoms with Crippen molar-refractivity contribution in [1.82, 2.24) is 9.78 Å². The van der Waals surface area contributed by atoms with Gasteiger partial charge in [0.1, 0.15) is 11.4 Å². The van der Waals surface area contributed by atoms with Crippen LogP contribution in [0.25, 0.3) is 0 Å². The molecule has 0 aliphatic carbocycles. The molecule has 0 atom stereocenters. The average molecular weight is 389 g/mol. The van der Waals surface area contributed by atoms with Crippen molar-refractivity contribution in [2.75, 3.05) is 25.1 Å². The SMILES string of the molecule is CCCCOc1ccc(C(=O)Nc2c(C(=O)OCC)cnn2C)cc1OCC. The Balaban J connectivity index is 2.21. The molecule has 2 rings (SSSR count). The van der Waals surface area contributed by atoms with Crippen LogP contribution < -0.4 is 14.8 Å². The molecule has 1 heterocycles. The van der Waals surface area contributed by atoms with Crippen LogP contribution in [0, 0.1) is 0 Å². The zero-order valence-corrected chi connectivity index (χ0v) is 16.8. The molecule has 1 N–H and O–H groups in total. The van der Waals surface area contributed by atoms with Crippen LogP contribution in [-0.4, -0.2) is 41.5 Å². The summed E-state index contributed by atoms with van der Waals surface area (Å²) in [5.41, 5.74) is 0.574. The van der Waals surface area contributed by atoms with E-state index >= 15 is 0 Å². The topological polar surface area (TPSA) is 91.7 Å². The van der Waals surface area contributed by atoms with Crippen molar-refractivity contribution in [3.63, 3.8) is 0 Å². The van der Waals surface area contributed by atoms with Crippen LogP contribution in [0.2, 0.25) is 0 Å². The number of hydrogen-bond donors (Lipinski definition) is 1. The second-order valence-electron chi connectivity index (χ2n) is 6.00. The van der Waals surface area contributed by atoms with E-state index in [4.69, 9.17) is 14.2 Å². The molecule has 0 fully saturated rings. The zero-order valence-electron chi connectivity index (χ0n) is 16.8. The fourth-order valence-corrected chi connectivity index (χ4v) is 2.49. The number of carbonyl (C=O) groups is 2. The van der Waals surface area contributed by atoms with Gasteiger partial charge in [0.15, 0.2) is 11.5 Å². The number of ether oxygens (including phenoxy) is 3. The molecule has 0 radical (unpaired) electrons. The first-order chi connectivity index (χ1) is 13.5.